The molecule has 0 unspecified atom stereocenters. The number of nitrogens with zero attached hydrogens (tertiary/aromatic N) is 2. The van der Waals surface area contributed by atoms with Crippen molar-refractivity contribution in [2.24, 2.45) is 0 Å². The van der Waals surface area contributed by atoms with E-state index in [-0.39, 0.29) is 0 Å². The van der Waals surface area contributed by atoms with E-state index in [2.05, 4.69) is 24.8 Å². The standard InChI is InChI=1S/C14H21N3O/c1-12(2)17(8-4-7-15)9-10-18-14-6-3-5-13(16)11-14/h3,5-6,11-12H,4,8-10,16H2,1-2H3. The Labute approximate surface area is 109 Å². The number of nitrogens with two attached hydrogens (primary N) is 1. The van der Waals surface area contributed by atoms with E-state index in [1.807, 2.05) is 24.3 Å². The van der Waals surface area contributed by atoms with E-state index in [9.17, 15) is 0 Å². The molecule has 98 valence electrons. The van der Waals surface area contributed by atoms with Gasteiger partial charge in [0.25, 0.3) is 0 Å². The van der Waals surface area contributed by atoms with Gasteiger partial charge < -0.3 is 10.5 Å². The summed E-state index contributed by atoms with van der Waals surface area (Å²) in [5.41, 5.74) is 6.38. The van der Waals surface area contributed by atoms with Gasteiger partial charge in [-0.25, -0.2) is 0 Å². The third kappa shape index (κ3) is 5.07. The highest BCUT2D eigenvalue weighted by Crippen LogP contribution is 2.14. The van der Waals surface area contributed by atoms with Gasteiger partial charge in [0.15, 0.2) is 0 Å². The first-order chi connectivity index (χ1) is 8.63. The first-order valence-electron chi connectivity index (χ1n) is 6.23. The second-order valence-corrected chi connectivity index (χ2v) is 4.46. The summed E-state index contributed by atoms with van der Waals surface area (Å²) < 4.78 is 5.64. The molecule has 0 radical (unpaired) electrons. The molecule has 0 bridgehead atoms. The van der Waals surface area contributed by atoms with Crippen LogP contribution in [0, 0.1) is 11.3 Å². The predicted molar refractivity (Wildman–Crippen MR) is 73.3 cm³/mol. The third-order valence-electron chi connectivity index (χ3n) is 2.75. The van der Waals surface area contributed by atoms with Gasteiger partial charge >= 0.3 is 0 Å². The molecule has 1 aromatic rings. The largest absolute Gasteiger partial charge is 0.492 e. The van der Waals surface area contributed by atoms with Gasteiger partial charge in [-0.3, -0.25) is 4.90 Å². The summed E-state index contributed by atoms with van der Waals surface area (Å²) in [5, 5.41) is 8.61. The van der Waals surface area contributed by atoms with Crippen LogP contribution in [0.2, 0.25) is 0 Å². The number of ether oxygens (including phenoxy) is 1. The molecule has 0 aromatic heterocycles. The van der Waals surface area contributed by atoms with Gasteiger partial charge in [0.2, 0.25) is 0 Å². The van der Waals surface area contributed by atoms with Crippen molar-refractivity contribution in [2.75, 3.05) is 25.4 Å². The quantitative estimate of drug-likeness (QED) is 0.751. The Hall–Kier alpha value is -1.73. The summed E-state index contributed by atoms with van der Waals surface area (Å²) in [4.78, 5) is 2.23. The Morgan fingerprint density at radius 2 is 2.17 bits per heavy atom. The van der Waals surface area contributed by atoms with E-state index in [1.165, 1.54) is 0 Å². The van der Waals surface area contributed by atoms with Crippen LogP contribution in [0.15, 0.2) is 24.3 Å². The molecule has 0 heterocycles. The number of nitriles is 1. The highest BCUT2D eigenvalue weighted by Gasteiger charge is 2.08. The summed E-state index contributed by atoms with van der Waals surface area (Å²) in [7, 11) is 0. The van der Waals surface area contributed by atoms with Crippen LogP contribution in [0.3, 0.4) is 0 Å². The Morgan fingerprint density at radius 3 is 2.78 bits per heavy atom. The van der Waals surface area contributed by atoms with Gasteiger partial charge in [-0.1, -0.05) is 6.07 Å². The fraction of sp³-hybridized carbons (Fsp3) is 0.500. The van der Waals surface area contributed by atoms with E-state index >= 15 is 0 Å². The number of anilines is 1. The smallest absolute Gasteiger partial charge is 0.121 e. The summed E-state index contributed by atoms with van der Waals surface area (Å²) in [5.74, 6) is 0.791. The number of nitrogen functional groups attached to an aromatic ring is 1. The van der Waals surface area contributed by atoms with Crippen LogP contribution in [-0.4, -0.2) is 30.6 Å². The van der Waals surface area contributed by atoms with Crippen LogP contribution >= 0.6 is 0 Å². The van der Waals surface area contributed by atoms with Crippen molar-refractivity contribution in [1.29, 1.82) is 5.26 Å². The number of rotatable bonds is 7. The van der Waals surface area contributed by atoms with Crippen LogP contribution in [0.5, 0.6) is 5.75 Å². The maximum atomic E-state index is 8.61. The monoisotopic (exact) mass is 247 g/mol. The molecular formula is C14H21N3O. The van der Waals surface area contributed by atoms with Gasteiger partial charge in [0.1, 0.15) is 12.4 Å². The lowest BCUT2D eigenvalue weighted by Gasteiger charge is -2.25. The molecule has 4 nitrogen and oxygen atoms in total. The molecule has 0 aliphatic rings. The van der Waals surface area contributed by atoms with E-state index < -0.39 is 0 Å². The molecule has 0 aliphatic heterocycles. The molecule has 0 aliphatic carbocycles. The molecule has 0 fully saturated rings. The van der Waals surface area contributed by atoms with E-state index in [4.69, 9.17) is 15.7 Å². The zero-order valence-corrected chi connectivity index (χ0v) is 11.1. The minimum Gasteiger partial charge on any atom is -0.492 e. The molecule has 0 amide bonds. The summed E-state index contributed by atoms with van der Waals surface area (Å²) in [6, 6.07) is 10.0. The fourth-order valence-corrected chi connectivity index (χ4v) is 1.71. The van der Waals surface area contributed by atoms with Gasteiger partial charge in [-0.05, 0) is 26.0 Å². The lowest BCUT2D eigenvalue weighted by atomic mass is 10.3. The maximum absolute atomic E-state index is 8.61. The van der Waals surface area contributed by atoms with Crippen LogP contribution < -0.4 is 10.5 Å². The molecule has 2 N–H and O–H groups in total. The molecule has 18 heavy (non-hydrogen) atoms. The lowest BCUT2D eigenvalue weighted by molar-refractivity contribution is 0.179. The van der Waals surface area contributed by atoms with Crippen molar-refractivity contribution in [1.82, 2.24) is 4.90 Å². The van der Waals surface area contributed by atoms with Crippen molar-refractivity contribution in [2.45, 2.75) is 26.3 Å². The second-order valence-electron chi connectivity index (χ2n) is 4.46. The van der Waals surface area contributed by atoms with Crippen molar-refractivity contribution in [3.05, 3.63) is 24.3 Å². The Bertz CT molecular complexity index is 398. The molecule has 1 aromatic carbocycles. The topological polar surface area (TPSA) is 62.3 Å². The molecular weight excluding hydrogens is 226 g/mol. The van der Waals surface area contributed by atoms with Crippen molar-refractivity contribution < 1.29 is 4.74 Å². The number of hydrogen-bond acceptors (Lipinski definition) is 4. The molecule has 0 atom stereocenters. The molecule has 0 spiro atoms. The SMILES string of the molecule is CC(C)N(CCC#N)CCOc1cccc(N)c1. The van der Waals surface area contributed by atoms with Crippen LogP contribution in [0.25, 0.3) is 0 Å². The number of benzene rings is 1. The third-order valence-corrected chi connectivity index (χ3v) is 2.75. The molecule has 1 rings (SSSR count). The average Bonchev–Trinajstić information content (AvgIpc) is 2.33. The van der Waals surface area contributed by atoms with E-state index in [1.54, 1.807) is 0 Å². The maximum Gasteiger partial charge on any atom is 0.121 e. The van der Waals surface area contributed by atoms with Gasteiger partial charge in [0.05, 0.1) is 6.07 Å². The normalized spacial score (nSPS) is 10.6. The first-order valence-corrected chi connectivity index (χ1v) is 6.23. The Morgan fingerprint density at radius 1 is 1.39 bits per heavy atom. The van der Waals surface area contributed by atoms with Gasteiger partial charge in [-0.15, -0.1) is 0 Å². The van der Waals surface area contributed by atoms with Gasteiger partial charge in [-0.2, -0.15) is 5.26 Å². The molecule has 0 saturated carbocycles. The van der Waals surface area contributed by atoms with Crippen molar-refractivity contribution in [3.8, 4) is 11.8 Å². The Kier molecular flexibility index (Phi) is 6.03. The fourth-order valence-electron chi connectivity index (χ4n) is 1.71. The minimum absolute atomic E-state index is 0.419. The first kappa shape index (κ1) is 14.3. The van der Waals surface area contributed by atoms with Crippen LogP contribution in [0.1, 0.15) is 20.3 Å². The van der Waals surface area contributed by atoms with Gasteiger partial charge in [0, 0.05) is 37.3 Å². The lowest BCUT2D eigenvalue weighted by Crippen LogP contribution is -2.35. The molecule has 4 heteroatoms. The number of hydrogen-bond donors (Lipinski definition) is 1. The van der Waals surface area contributed by atoms with E-state index in [0.717, 1.165) is 18.8 Å². The van der Waals surface area contributed by atoms with Crippen molar-refractivity contribution in [3.63, 3.8) is 0 Å². The van der Waals surface area contributed by atoms with Crippen LogP contribution in [0.4, 0.5) is 5.69 Å². The average molecular weight is 247 g/mol. The predicted octanol–water partition coefficient (Wildman–Crippen LogP) is 2.27. The zero-order valence-electron chi connectivity index (χ0n) is 11.1. The van der Waals surface area contributed by atoms with Crippen molar-refractivity contribution >= 4 is 5.69 Å². The van der Waals surface area contributed by atoms with Crippen LogP contribution in [-0.2, 0) is 0 Å². The highest BCUT2D eigenvalue weighted by atomic mass is 16.5. The second kappa shape index (κ2) is 7.57. The summed E-state index contributed by atoms with van der Waals surface area (Å²) in [6.07, 6.45) is 0.552. The summed E-state index contributed by atoms with van der Waals surface area (Å²) >= 11 is 0. The Balaban J connectivity index is 2.37. The summed E-state index contributed by atoms with van der Waals surface area (Å²) in [6.45, 7) is 6.45. The minimum atomic E-state index is 0.419. The molecule has 0 saturated heterocycles. The zero-order chi connectivity index (χ0) is 13.4. The van der Waals surface area contributed by atoms with E-state index in [0.29, 0.717) is 24.8 Å². The highest BCUT2D eigenvalue weighted by molar-refractivity contribution is 5.43.